The van der Waals surface area contributed by atoms with Crippen LogP contribution in [0.25, 0.3) is 0 Å². The number of sulfonamides is 1. The van der Waals surface area contributed by atoms with Gasteiger partial charge in [-0.25, -0.2) is 8.42 Å². The summed E-state index contributed by atoms with van der Waals surface area (Å²) >= 11 is 11.8. The largest absolute Gasteiger partial charge is 0.359 e. The summed E-state index contributed by atoms with van der Waals surface area (Å²) < 4.78 is 26.6. The zero-order chi connectivity index (χ0) is 15.6. The highest BCUT2D eigenvalue weighted by atomic mass is 35.5. The van der Waals surface area contributed by atoms with Crippen molar-refractivity contribution < 1.29 is 13.2 Å². The average Bonchev–Trinajstić information content (AvgIpc) is 2.49. The predicted octanol–water partition coefficient (Wildman–Crippen LogP) is 2.14. The van der Waals surface area contributed by atoms with Crippen molar-refractivity contribution in [2.75, 3.05) is 20.1 Å². The van der Waals surface area contributed by atoms with Gasteiger partial charge in [0.15, 0.2) is 0 Å². The number of piperidine rings is 1. The molecule has 0 aliphatic carbocycles. The van der Waals surface area contributed by atoms with Gasteiger partial charge < -0.3 is 5.32 Å². The van der Waals surface area contributed by atoms with Crippen molar-refractivity contribution in [1.82, 2.24) is 9.62 Å². The topological polar surface area (TPSA) is 66.5 Å². The molecule has 0 spiro atoms. The third-order valence-corrected chi connectivity index (χ3v) is 6.09. The van der Waals surface area contributed by atoms with Gasteiger partial charge in [0.05, 0.1) is 10.9 Å². The highest BCUT2D eigenvalue weighted by Gasteiger charge is 2.34. The number of amides is 1. The number of carbonyl (C=O) groups excluding carboxylic acids is 1. The lowest BCUT2D eigenvalue weighted by Gasteiger charge is -2.31. The summed E-state index contributed by atoms with van der Waals surface area (Å²) in [7, 11) is -2.21. The Morgan fingerprint density at radius 3 is 2.76 bits per heavy atom. The zero-order valence-corrected chi connectivity index (χ0v) is 13.8. The Bertz CT molecular complexity index is 649. The first-order chi connectivity index (χ1) is 9.86. The number of hydrogen-bond acceptors (Lipinski definition) is 3. The van der Waals surface area contributed by atoms with Crippen molar-refractivity contribution in [1.29, 1.82) is 0 Å². The number of rotatable bonds is 3. The van der Waals surface area contributed by atoms with Crippen LogP contribution < -0.4 is 5.32 Å². The van der Waals surface area contributed by atoms with Crippen LogP contribution in [0.4, 0.5) is 0 Å². The summed E-state index contributed by atoms with van der Waals surface area (Å²) in [6, 6.07) is 4.33. The molecule has 1 aliphatic heterocycles. The first-order valence-corrected chi connectivity index (χ1v) is 8.72. The van der Waals surface area contributed by atoms with Crippen LogP contribution in [-0.2, 0) is 14.8 Å². The molecular formula is C13H16Cl2N2O3S. The van der Waals surface area contributed by atoms with Crippen molar-refractivity contribution in [3.63, 3.8) is 0 Å². The lowest BCUT2D eigenvalue weighted by Crippen LogP contribution is -2.44. The number of halogens is 2. The van der Waals surface area contributed by atoms with Gasteiger partial charge >= 0.3 is 0 Å². The van der Waals surface area contributed by atoms with E-state index in [1.165, 1.54) is 22.5 Å². The molecule has 21 heavy (non-hydrogen) atoms. The highest BCUT2D eigenvalue weighted by molar-refractivity contribution is 7.89. The number of benzene rings is 1. The first kappa shape index (κ1) is 16.5. The number of nitrogens with zero attached hydrogens (tertiary/aromatic N) is 1. The van der Waals surface area contributed by atoms with Crippen molar-refractivity contribution in [2.24, 2.45) is 5.92 Å². The smallest absolute Gasteiger partial charge is 0.244 e. The fraction of sp³-hybridized carbons (Fsp3) is 0.462. The van der Waals surface area contributed by atoms with E-state index in [2.05, 4.69) is 5.32 Å². The molecule has 1 aromatic carbocycles. The maximum Gasteiger partial charge on any atom is 0.244 e. The summed E-state index contributed by atoms with van der Waals surface area (Å²) in [6.07, 6.45) is 1.31. The quantitative estimate of drug-likeness (QED) is 0.907. The van der Waals surface area contributed by atoms with Gasteiger partial charge in [-0.2, -0.15) is 4.31 Å². The van der Waals surface area contributed by atoms with Gasteiger partial charge in [0.1, 0.15) is 4.90 Å². The molecule has 0 aromatic heterocycles. The van der Waals surface area contributed by atoms with Crippen LogP contribution in [0.3, 0.4) is 0 Å². The molecule has 0 saturated carbocycles. The molecule has 5 nitrogen and oxygen atoms in total. The standard InChI is InChI=1S/C13H16Cl2N2O3S/c1-16-13(18)9-3-2-6-17(8-9)21(19,20)12-7-10(14)4-5-11(12)15/h4-5,7,9H,2-3,6,8H2,1H3,(H,16,18). The molecule has 1 amide bonds. The Kier molecular flexibility index (Phi) is 5.14. The van der Waals surface area contributed by atoms with E-state index in [-0.39, 0.29) is 28.3 Å². The fourth-order valence-corrected chi connectivity index (χ4v) is 4.65. The van der Waals surface area contributed by atoms with Gasteiger partial charge in [-0.1, -0.05) is 23.2 Å². The molecule has 0 bridgehead atoms. The molecule has 1 saturated heterocycles. The van der Waals surface area contributed by atoms with Crippen molar-refractivity contribution in [3.8, 4) is 0 Å². The molecule has 1 fully saturated rings. The molecule has 0 radical (unpaired) electrons. The molecule has 2 rings (SSSR count). The molecule has 1 N–H and O–H groups in total. The molecule has 116 valence electrons. The van der Waals surface area contributed by atoms with Crippen LogP contribution in [0.1, 0.15) is 12.8 Å². The highest BCUT2D eigenvalue weighted by Crippen LogP contribution is 2.30. The van der Waals surface area contributed by atoms with E-state index in [4.69, 9.17) is 23.2 Å². The number of carbonyl (C=O) groups is 1. The Morgan fingerprint density at radius 2 is 2.10 bits per heavy atom. The Morgan fingerprint density at radius 1 is 1.38 bits per heavy atom. The molecule has 1 heterocycles. The normalized spacial score (nSPS) is 20.2. The number of nitrogens with one attached hydrogen (secondary N) is 1. The minimum absolute atomic E-state index is 0.0192. The summed E-state index contributed by atoms with van der Waals surface area (Å²) in [5.41, 5.74) is 0. The summed E-state index contributed by atoms with van der Waals surface area (Å²) in [4.78, 5) is 11.7. The average molecular weight is 351 g/mol. The molecule has 1 unspecified atom stereocenters. The van der Waals surface area contributed by atoms with E-state index >= 15 is 0 Å². The molecule has 1 atom stereocenters. The second-order valence-corrected chi connectivity index (χ2v) is 7.64. The maximum absolute atomic E-state index is 12.7. The lowest BCUT2D eigenvalue weighted by molar-refractivity contribution is -0.125. The minimum atomic E-state index is -3.75. The molecule has 1 aromatic rings. The van der Waals surface area contributed by atoms with E-state index < -0.39 is 10.0 Å². The maximum atomic E-state index is 12.7. The third-order valence-electron chi connectivity index (χ3n) is 3.51. The van der Waals surface area contributed by atoms with Gasteiger partial charge in [0, 0.05) is 25.2 Å². The Hall–Kier alpha value is -0.820. The first-order valence-electron chi connectivity index (χ1n) is 6.53. The van der Waals surface area contributed by atoms with Crippen molar-refractivity contribution >= 4 is 39.1 Å². The monoisotopic (exact) mass is 350 g/mol. The van der Waals surface area contributed by atoms with Crippen molar-refractivity contribution in [3.05, 3.63) is 28.2 Å². The molecule has 1 aliphatic rings. The van der Waals surface area contributed by atoms with Gasteiger partial charge in [-0.3, -0.25) is 4.79 Å². The number of hydrogen-bond donors (Lipinski definition) is 1. The SMILES string of the molecule is CNC(=O)C1CCCN(S(=O)(=O)c2cc(Cl)ccc2Cl)C1. The van der Waals surface area contributed by atoms with Gasteiger partial charge in [0.2, 0.25) is 15.9 Å². The summed E-state index contributed by atoms with van der Waals surface area (Å²) in [6.45, 7) is 0.531. The van der Waals surface area contributed by atoms with E-state index in [0.29, 0.717) is 24.4 Å². The zero-order valence-electron chi connectivity index (χ0n) is 11.5. The van der Waals surface area contributed by atoms with E-state index in [1.54, 1.807) is 7.05 Å². The van der Waals surface area contributed by atoms with E-state index in [0.717, 1.165) is 0 Å². The third kappa shape index (κ3) is 3.51. The minimum Gasteiger partial charge on any atom is -0.359 e. The second kappa shape index (κ2) is 6.52. The van der Waals surface area contributed by atoms with Crippen LogP contribution in [-0.4, -0.2) is 38.8 Å². The van der Waals surface area contributed by atoms with Crippen LogP contribution in [0, 0.1) is 5.92 Å². The van der Waals surface area contributed by atoms with Crippen LogP contribution in [0.2, 0.25) is 10.0 Å². The Labute approximate surface area is 134 Å². The van der Waals surface area contributed by atoms with Crippen LogP contribution >= 0.6 is 23.2 Å². The van der Waals surface area contributed by atoms with E-state index in [9.17, 15) is 13.2 Å². The van der Waals surface area contributed by atoms with Crippen molar-refractivity contribution in [2.45, 2.75) is 17.7 Å². The fourth-order valence-electron chi connectivity index (χ4n) is 2.39. The summed E-state index contributed by atoms with van der Waals surface area (Å²) in [5.74, 6) is -0.483. The predicted molar refractivity (Wildman–Crippen MR) is 82.0 cm³/mol. The molecule has 8 heteroatoms. The Balaban J connectivity index is 2.31. The summed E-state index contributed by atoms with van der Waals surface area (Å²) in [5, 5.41) is 2.99. The second-order valence-electron chi connectivity index (χ2n) is 4.89. The van der Waals surface area contributed by atoms with Gasteiger partial charge in [0.25, 0.3) is 0 Å². The van der Waals surface area contributed by atoms with Gasteiger partial charge in [-0.05, 0) is 31.0 Å². The van der Waals surface area contributed by atoms with E-state index in [1.807, 2.05) is 0 Å². The molecular weight excluding hydrogens is 335 g/mol. The van der Waals surface area contributed by atoms with Gasteiger partial charge in [-0.15, -0.1) is 0 Å². The van der Waals surface area contributed by atoms with Crippen LogP contribution in [0.15, 0.2) is 23.1 Å². The lowest BCUT2D eigenvalue weighted by atomic mass is 9.99. The van der Waals surface area contributed by atoms with Crippen LogP contribution in [0.5, 0.6) is 0 Å².